The van der Waals surface area contributed by atoms with E-state index in [4.69, 9.17) is 4.74 Å². The molecule has 3 aliphatic rings. The van der Waals surface area contributed by atoms with Crippen LogP contribution in [0, 0.1) is 5.41 Å². The van der Waals surface area contributed by atoms with Crippen LogP contribution in [0.2, 0.25) is 0 Å². The van der Waals surface area contributed by atoms with Crippen LogP contribution in [0.1, 0.15) is 33.3 Å². The fourth-order valence-corrected chi connectivity index (χ4v) is 4.09. The van der Waals surface area contributed by atoms with Crippen molar-refractivity contribution in [2.45, 2.75) is 33.2 Å². The Morgan fingerprint density at radius 2 is 1.67 bits per heavy atom. The zero-order valence-corrected chi connectivity index (χ0v) is 14.2. The summed E-state index contributed by atoms with van der Waals surface area (Å²) in [4.78, 5) is 24.5. The SMILES string of the molecule is CC1=C2C=C(c3ccccc3)NC2(C)C(C)(C)C2=C1C(=O)OC2=O. The Hall–Kier alpha value is -2.62. The molecule has 0 saturated heterocycles. The molecule has 4 rings (SSSR count). The molecule has 1 unspecified atom stereocenters. The third-order valence-electron chi connectivity index (χ3n) is 5.79. The molecular weight excluding hydrogens is 302 g/mol. The highest BCUT2D eigenvalue weighted by atomic mass is 16.6. The second kappa shape index (κ2) is 4.47. The van der Waals surface area contributed by atoms with Crippen LogP contribution in [0.4, 0.5) is 0 Å². The summed E-state index contributed by atoms with van der Waals surface area (Å²) in [5.41, 5.74) is 3.80. The maximum Gasteiger partial charge on any atom is 0.346 e. The molecule has 122 valence electrons. The van der Waals surface area contributed by atoms with Crippen molar-refractivity contribution >= 4 is 17.6 Å². The highest BCUT2D eigenvalue weighted by Crippen LogP contribution is 2.55. The molecule has 0 spiro atoms. The van der Waals surface area contributed by atoms with Gasteiger partial charge in [0.2, 0.25) is 0 Å². The van der Waals surface area contributed by atoms with Crippen molar-refractivity contribution in [3.8, 4) is 0 Å². The van der Waals surface area contributed by atoms with Crippen LogP contribution in [0.3, 0.4) is 0 Å². The molecule has 0 bridgehead atoms. The lowest BCUT2D eigenvalue weighted by Crippen LogP contribution is -2.54. The van der Waals surface area contributed by atoms with Crippen molar-refractivity contribution in [1.29, 1.82) is 0 Å². The van der Waals surface area contributed by atoms with E-state index < -0.39 is 22.9 Å². The summed E-state index contributed by atoms with van der Waals surface area (Å²) in [6.07, 6.45) is 2.09. The van der Waals surface area contributed by atoms with E-state index >= 15 is 0 Å². The fraction of sp³-hybridized carbons (Fsp3) is 0.300. The molecule has 4 nitrogen and oxygen atoms in total. The molecule has 0 aromatic heterocycles. The van der Waals surface area contributed by atoms with E-state index in [2.05, 4.69) is 18.3 Å². The largest absolute Gasteiger partial charge is 0.386 e. The van der Waals surface area contributed by atoms with Crippen molar-refractivity contribution in [3.63, 3.8) is 0 Å². The molecule has 2 heterocycles. The van der Waals surface area contributed by atoms with E-state index in [0.29, 0.717) is 11.1 Å². The van der Waals surface area contributed by atoms with Crippen molar-refractivity contribution < 1.29 is 14.3 Å². The van der Waals surface area contributed by atoms with Gasteiger partial charge in [0.05, 0.1) is 16.7 Å². The first-order valence-electron chi connectivity index (χ1n) is 8.05. The van der Waals surface area contributed by atoms with Crippen molar-refractivity contribution in [1.82, 2.24) is 5.32 Å². The maximum atomic E-state index is 12.3. The molecule has 1 aliphatic carbocycles. The quantitative estimate of drug-likeness (QED) is 0.638. The number of carbonyl (C=O) groups is 2. The molecule has 1 atom stereocenters. The van der Waals surface area contributed by atoms with Gasteiger partial charge in [-0.3, -0.25) is 0 Å². The lowest BCUT2D eigenvalue weighted by atomic mass is 9.60. The van der Waals surface area contributed by atoms with Crippen LogP contribution in [-0.4, -0.2) is 17.5 Å². The van der Waals surface area contributed by atoms with Crippen molar-refractivity contribution in [2.75, 3.05) is 0 Å². The van der Waals surface area contributed by atoms with Crippen LogP contribution in [0.5, 0.6) is 0 Å². The summed E-state index contributed by atoms with van der Waals surface area (Å²) in [5.74, 6) is -1.05. The smallest absolute Gasteiger partial charge is 0.346 e. The minimum atomic E-state index is -0.576. The number of ether oxygens (including phenoxy) is 1. The van der Waals surface area contributed by atoms with Gasteiger partial charge in [-0.05, 0) is 36.6 Å². The molecule has 4 heteroatoms. The number of benzene rings is 1. The van der Waals surface area contributed by atoms with Gasteiger partial charge in [0, 0.05) is 11.1 Å². The van der Waals surface area contributed by atoms with Gasteiger partial charge in [0.15, 0.2) is 0 Å². The van der Waals surface area contributed by atoms with Crippen LogP contribution in [0.15, 0.2) is 58.7 Å². The molecule has 0 saturated carbocycles. The lowest BCUT2D eigenvalue weighted by molar-refractivity contribution is -0.151. The average molecular weight is 321 g/mol. The molecule has 1 N–H and O–H groups in total. The molecular formula is C20H19NO3. The molecule has 0 radical (unpaired) electrons. The predicted molar refractivity (Wildman–Crippen MR) is 90.6 cm³/mol. The molecule has 1 aromatic rings. The fourth-order valence-electron chi connectivity index (χ4n) is 4.09. The monoisotopic (exact) mass is 321 g/mol. The minimum absolute atomic E-state index is 0.435. The topological polar surface area (TPSA) is 55.4 Å². The number of esters is 2. The van der Waals surface area contributed by atoms with E-state index in [1.807, 2.05) is 51.1 Å². The van der Waals surface area contributed by atoms with Crippen LogP contribution < -0.4 is 5.32 Å². The minimum Gasteiger partial charge on any atom is -0.386 e. The molecule has 24 heavy (non-hydrogen) atoms. The van der Waals surface area contributed by atoms with Crippen LogP contribution in [-0.2, 0) is 14.3 Å². The molecule has 0 amide bonds. The third-order valence-corrected chi connectivity index (χ3v) is 5.79. The molecule has 0 fully saturated rings. The van der Waals surface area contributed by atoms with Gasteiger partial charge in [0.1, 0.15) is 0 Å². The Bertz CT molecular complexity index is 887. The van der Waals surface area contributed by atoms with Gasteiger partial charge in [0.25, 0.3) is 0 Å². The predicted octanol–water partition coefficient (Wildman–Crippen LogP) is 3.13. The van der Waals surface area contributed by atoms with Gasteiger partial charge in [-0.2, -0.15) is 0 Å². The first-order chi connectivity index (χ1) is 11.3. The summed E-state index contributed by atoms with van der Waals surface area (Å²) in [6, 6.07) is 10.1. The number of carbonyl (C=O) groups excluding carboxylic acids is 2. The van der Waals surface area contributed by atoms with E-state index in [1.54, 1.807) is 0 Å². The summed E-state index contributed by atoms with van der Waals surface area (Å²) in [7, 11) is 0. The van der Waals surface area contributed by atoms with E-state index in [-0.39, 0.29) is 0 Å². The zero-order chi connectivity index (χ0) is 17.3. The van der Waals surface area contributed by atoms with E-state index in [9.17, 15) is 9.59 Å². The summed E-state index contributed by atoms with van der Waals surface area (Å²) >= 11 is 0. The van der Waals surface area contributed by atoms with E-state index in [1.165, 1.54) is 0 Å². The number of nitrogens with one attached hydrogen (secondary N) is 1. The van der Waals surface area contributed by atoms with Gasteiger partial charge in [-0.1, -0.05) is 44.2 Å². The summed E-state index contributed by atoms with van der Waals surface area (Å²) < 4.78 is 4.90. The van der Waals surface area contributed by atoms with E-state index in [0.717, 1.165) is 22.4 Å². The normalized spacial score (nSPS) is 27.6. The Labute approximate surface area is 140 Å². The number of fused-ring (bicyclic) bond motifs is 1. The van der Waals surface area contributed by atoms with Crippen molar-refractivity contribution in [3.05, 3.63) is 64.3 Å². The first kappa shape index (κ1) is 14.9. The average Bonchev–Trinajstić information content (AvgIpc) is 3.05. The highest BCUT2D eigenvalue weighted by molar-refractivity contribution is 6.16. The van der Waals surface area contributed by atoms with Gasteiger partial charge in [-0.25, -0.2) is 9.59 Å². The molecule has 1 aromatic carbocycles. The second-order valence-corrected chi connectivity index (χ2v) is 7.26. The third kappa shape index (κ3) is 1.63. The van der Waals surface area contributed by atoms with Crippen molar-refractivity contribution in [2.24, 2.45) is 5.41 Å². The molecule has 2 aliphatic heterocycles. The maximum absolute atomic E-state index is 12.3. The van der Waals surface area contributed by atoms with Gasteiger partial charge < -0.3 is 10.1 Å². The highest BCUT2D eigenvalue weighted by Gasteiger charge is 2.58. The standard InChI is InChI=1S/C20H19NO3/c1-11-13-10-14(12-8-6-5-7-9-12)21-20(13,4)19(2,3)16-15(11)17(22)24-18(16)23/h5-10,21H,1-4H3. The second-order valence-electron chi connectivity index (χ2n) is 7.26. The number of cyclic esters (lactones) is 2. The summed E-state index contributed by atoms with van der Waals surface area (Å²) in [6.45, 7) is 7.95. The summed E-state index contributed by atoms with van der Waals surface area (Å²) in [5, 5.41) is 3.60. The Balaban J connectivity index is 1.95. The Kier molecular flexibility index (Phi) is 2.78. The van der Waals surface area contributed by atoms with Gasteiger partial charge >= 0.3 is 11.9 Å². The van der Waals surface area contributed by atoms with Gasteiger partial charge in [-0.15, -0.1) is 0 Å². The number of hydrogen-bond donors (Lipinski definition) is 1. The zero-order valence-electron chi connectivity index (χ0n) is 14.2. The number of hydrogen-bond acceptors (Lipinski definition) is 4. The lowest BCUT2D eigenvalue weighted by Gasteiger charge is -2.46. The Morgan fingerprint density at radius 1 is 1.00 bits per heavy atom. The first-order valence-corrected chi connectivity index (χ1v) is 8.05. The number of rotatable bonds is 1. The Morgan fingerprint density at radius 3 is 2.33 bits per heavy atom. The van der Waals surface area contributed by atoms with Crippen LogP contribution >= 0.6 is 0 Å². The van der Waals surface area contributed by atoms with Crippen LogP contribution in [0.25, 0.3) is 5.70 Å².